The van der Waals surface area contributed by atoms with Crippen LogP contribution in [-0.4, -0.2) is 59.7 Å². The number of carbonyl (C=O) groups is 2. The van der Waals surface area contributed by atoms with Gasteiger partial charge in [-0.05, 0) is 102 Å². The Morgan fingerprint density at radius 1 is 0.781 bits per heavy atom. The first kappa shape index (κ1) is 44.8. The number of rotatable bonds is 14. The minimum Gasteiger partial charge on any atom is -0.494 e. The molecule has 0 aliphatic rings. The van der Waals surface area contributed by atoms with Crippen molar-refractivity contribution >= 4 is 48.2 Å². The van der Waals surface area contributed by atoms with Crippen molar-refractivity contribution in [3.63, 3.8) is 0 Å². The maximum atomic E-state index is 13.6. The second-order valence-corrected chi connectivity index (χ2v) is 18.2. The number of halogens is 1. The third-order valence-corrected chi connectivity index (χ3v) is 13.6. The number of aryl methyl sites for hydroxylation is 1. The molecule has 0 unspecified atom stereocenters. The van der Waals surface area contributed by atoms with Gasteiger partial charge < -0.3 is 24.9 Å². The molecule has 4 heterocycles. The number of aliphatic hydroxyl groups excluding tert-OH is 1. The zero-order valence-corrected chi connectivity index (χ0v) is 36.1. The van der Waals surface area contributed by atoms with E-state index in [2.05, 4.69) is 25.6 Å². The van der Waals surface area contributed by atoms with Crippen LogP contribution in [-0.2, 0) is 39.4 Å². The van der Waals surface area contributed by atoms with Crippen molar-refractivity contribution < 1.29 is 45.1 Å². The van der Waals surface area contributed by atoms with Crippen LogP contribution in [0.1, 0.15) is 56.5 Å². The molecular formula is C46H41FN6O9S2. The number of hydrogen-bond acceptors (Lipinski definition) is 12. The minimum absolute atomic E-state index is 0.0439. The zero-order chi connectivity index (χ0) is 45.4. The molecule has 0 radical (unpaired) electrons. The van der Waals surface area contributed by atoms with E-state index in [9.17, 15) is 35.9 Å². The molecule has 0 saturated carbocycles. The summed E-state index contributed by atoms with van der Waals surface area (Å²) in [5.74, 6) is -0.0790. The van der Waals surface area contributed by atoms with E-state index in [0.29, 0.717) is 40.4 Å². The number of furan rings is 1. The summed E-state index contributed by atoms with van der Waals surface area (Å²) >= 11 is 0. The number of ether oxygens (including phenoxy) is 1. The normalized spacial score (nSPS) is 11.5. The van der Waals surface area contributed by atoms with Gasteiger partial charge in [0.05, 0.1) is 44.6 Å². The fraction of sp³-hybridized carbons (Fsp3) is 0.152. The summed E-state index contributed by atoms with van der Waals surface area (Å²) in [5.41, 5.74) is 3.07. The van der Waals surface area contributed by atoms with Crippen molar-refractivity contribution in [1.29, 1.82) is 0 Å². The minimum atomic E-state index is -4.01. The lowest BCUT2D eigenvalue weighted by Gasteiger charge is -2.11. The number of benzene rings is 4. The van der Waals surface area contributed by atoms with Crippen LogP contribution in [0.2, 0.25) is 0 Å². The van der Waals surface area contributed by atoms with Gasteiger partial charge in [-0.15, -0.1) is 0 Å². The van der Waals surface area contributed by atoms with Gasteiger partial charge in [0, 0.05) is 49.5 Å². The molecule has 4 aromatic heterocycles. The van der Waals surface area contributed by atoms with Crippen molar-refractivity contribution in [2.24, 2.45) is 0 Å². The van der Waals surface area contributed by atoms with Crippen LogP contribution in [0.15, 0.2) is 158 Å². The number of nitrogens with zero attached hydrogens (tertiary/aromatic N) is 4. The molecule has 0 aliphatic carbocycles. The lowest BCUT2D eigenvalue weighted by molar-refractivity contribution is 0.0923. The second kappa shape index (κ2) is 19.4. The van der Waals surface area contributed by atoms with Crippen molar-refractivity contribution in [2.75, 3.05) is 6.61 Å². The van der Waals surface area contributed by atoms with E-state index < -0.39 is 32.1 Å². The Hall–Kier alpha value is -7.28. The Morgan fingerprint density at radius 2 is 1.45 bits per heavy atom. The Bertz CT molecular complexity index is 3160. The largest absolute Gasteiger partial charge is 0.494 e. The van der Waals surface area contributed by atoms with Crippen molar-refractivity contribution in [2.45, 2.75) is 59.5 Å². The summed E-state index contributed by atoms with van der Waals surface area (Å²) in [5, 5.41) is 15.7. The smallest absolute Gasteiger partial charge is 0.287 e. The predicted octanol–water partition coefficient (Wildman–Crippen LogP) is 6.81. The van der Waals surface area contributed by atoms with Crippen molar-refractivity contribution in [3.05, 3.63) is 174 Å². The highest BCUT2D eigenvalue weighted by Gasteiger charge is 2.23. The number of fused-ring (bicyclic) bond motifs is 2. The summed E-state index contributed by atoms with van der Waals surface area (Å²) in [6.45, 7) is 4.22. The number of amides is 2. The summed E-state index contributed by atoms with van der Waals surface area (Å²) in [4.78, 5) is 36.9. The quantitative estimate of drug-likeness (QED) is 0.103. The van der Waals surface area contributed by atoms with E-state index in [1.54, 1.807) is 109 Å². The van der Waals surface area contributed by atoms with E-state index in [0.717, 1.165) is 29.5 Å². The van der Waals surface area contributed by atoms with Gasteiger partial charge >= 0.3 is 0 Å². The summed E-state index contributed by atoms with van der Waals surface area (Å²) < 4.78 is 78.2. The first-order chi connectivity index (χ1) is 30.8. The van der Waals surface area contributed by atoms with Crippen molar-refractivity contribution in [1.82, 2.24) is 30.0 Å². The van der Waals surface area contributed by atoms with Gasteiger partial charge in [-0.3, -0.25) is 19.0 Å². The second-order valence-electron chi connectivity index (χ2n) is 14.3. The Kier molecular flexibility index (Phi) is 13.6. The molecule has 0 bridgehead atoms. The van der Waals surface area contributed by atoms with Crippen LogP contribution >= 0.6 is 0 Å². The van der Waals surface area contributed by atoms with Crippen LogP contribution in [0.5, 0.6) is 5.75 Å². The molecule has 3 N–H and O–H groups in total. The van der Waals surface area contributed by atoms with Crippen LogP contribution in [0.4, 0.5) is 4.39 Å². The monoisotopic (exact) mass is 904 g/mol. The number of nitrogens with one attached hydrogen (secondary N) is 2. The van der Waals surface area contributed by atoms with Gasteiger partial charge in [0.2, 0.25) is 25.5 Å². The van der Waals surface area contributed by atoms with Crippen LogP contribution in [0, 0.1) is 12.7 Å². The first-order valence-electron chi connectivity index (χ1n) is 19.8. The molecule has 15 nitrogen and oxygen atoms in total. The molecular weight excluding hydrogens is 864 g/mol. The molecule has 8 rings (SSSR count). The van der Waals surface area contributed by atoms with Gasteiger partial charge in [-0.1, -0.05) is 37.3 Å². The highest BCUT2D eigenvalue weighted by atomic mass is 32.2. The third kappa shape index (κ3) is 10.2. The molecule has 64 heavy (non-hydrogen) atoms. The summed E-state index contributed by atoms with van der Waals surface area (Å²) in [6.07, 6.45) is 10.3. The fourth-order valence-electron chi connectivity index (χ4n) is 6.45. The number of pyridine rings is 1. The Balaban J connectivity index is 0.000000192. The van der Waals surface area contributed by atoms with Gasteiger partial charge in [0.25, 0.3) is 11.8 Å². The van der Waals surface area contributed by atoms with E-state index >= 15 is 0 Å². The lowest BCUT2D eigenvalue weighted by Crippen LogP contribution is -2.23. The van der Waals surface area contributed by atoms with E-state index in [-0.39, 0.29) is 55.8 Å². The van der Waals surface area contributed by atoms with E-state index in [4.69, 9.17) is 9.15 Å². The SMILES string of the molecule is CCCOc1ccc(S(=O)(=O)c2ccc(CNC(=O)c3cc4ccncc4o3)cc2)c(C)c1.O=C(NCc1ccc(S(=O)(=O)c2cc(F)ccc2CO)cc1)c1cnc2nccn2c1. The average Bonchev–Trinajstić information content (AvgIpc) is 3.97. The highest BCUT2D eigenvalue weighted by Crippen LogP contribution is 2.28. The number of imidazole rings is 1. The lowest BCUT2D eigenvalue weighted by atomic mass is 10.2. The van der Waals surface area contributed by atoms with Crippen LogP contribution in [0.3, 0.4) is 0 Å². The molecule has 18 heteroatoms. The fourth-order valence-corrected chi connectivity index (χ4v) is 9.43. The van der Waals surface area contributed by atoms with Gasteiger partial charge in [-0.25, -0.2) is 31.2 Å². The molecule has 0 saturated heterocycles. The maximum Gasteiger partial charge on any atom is 0.287 e. The number of sulfone groups is 2. The summed E-state index contributed by atoms with van der Waals surface area (Å²) in [7, 11) is -7.69. The molecule has 2 amide bonds. The molecule has 0 fully saturated rings. The van der Waals surface area contributed by atoms with E-state index in [1.165, 1.54) is 24.4 Å². The van der Waals surface area contributed by atoms with Crippen molar-refractivity contribution in [3.8, 4) is 5.75 Å². The predicted molar refractivity (Wildman–Crippen MR) is 232 cm³/mol. The Labute approximate surface area is 367 Å². The first-order valence-corrected chi connectivity index (χ1v) is 22.7. The number of aliphatic hydroxyl groups is 1. The number of aromatic nitrogens is 4. The molecule has 8 aromatic rings. The standard InChI is InChI=1S/C25H24N2O5S.C21H17FN4O4S/c1-3-12-31-20-6-9-24(17(2)13-20)33(29,30)21-7-4-18(5-8-21)15-27-25(28)22-14-19-10-11-26-16-23(19)32-22;22-17-4-3-15(13-27)19(9-17)31(29,30)18-5-1-14(2-6-18)10-24-20(28)16-11-25-21-23-7-8-26(21)12-16/h4-11,13-14,16H,3,12,15H2,1-2H3,(H,27,28);1-9,11-12,27H,10,13H2,(H,24,28). The molecule has 0 spiro atoms. The molecule has 0 atom stereocenters. The topological polar surface area (TPSA) is 212 Å². The van der Waals surface area contributed by atoms with Gasteiger partial charge in [0.15, 0.2) is 11.3 Å². The number of hydrogen-bond donors (Lipinski definition) is 3. The average molecular weight is 905 g/mol. The molecule has 328 valence electrons. The van der Waals surface area contributed by atoms with Crippen LogP contribution in [0.25, 0.3) is 16.7 Å². The summed E-state index contributed by atoms with van der Waals surface area (Å²) in [6, 6.07) is 24.0. The van der Waals surface area contributed by atoms with Gasteiger partial charge in [-0.2, -0.15) is 0 Å². The Morgan fingerprint density at radius 3 is 2.09 bits per heavy atom. The highest BCUT2D eigenvalue weighted by molar-refractivity contribution is 7.91. The molecule has 4 aromatic carbocycles. The van der Waals surface area contributed by atoms with Crippen LogP contribution < -0.4 is 15.4 Å². The number of carbonyl (C=O) groups excluding carboxylic acids is 2. The maximum absolute atomic E-state index is 13.6. The van der Waals surface area contributed by atoms with Gasteiger partial charge in [0.1, 0.15) is 11.6 Å². The zero-order valence-electron chi connectivity index (χ0n) is 34.4. The third-order valence-electron chi connectivity index (χ3n) is 9.83. The molecule has 0 aliphatic heterocycles. The van der Waals surface area contributed by atoms with E-state index in [1.807, 2.05) is 6.92 Å².